The van der Waals surface area contributed by atoms with E-state index in [0.29, 0.717) is 5.92 Å². The summed E-state index contributed by atoms with van der Waals surface area (Å²) in [5, 5.41) is 3.06. The molecule has 0 radical (unpaired) electrons. The van der Waals surface area contributed by atoms with E-state index in [1.165, 1.54) is 0 Å². The zero-order valence-corrected chi connectivity index (χ0v) is 8.79. The van der Waals surface area contributed by atoms with E-state index in [9.17, 15) is 0 Å². The number of nitrogens with zero attached hydrogens (tertiary/aromatic N) is 2. The number of nitrogens with one attached hydrogen (secondary N) is 1. The number of oxazole rings is 1. The average molecular weight is 195 g/mol. The average Bonchev–Trinajstić information content (AvgIpc) is 2.74. The molecule has 14 heavy (non-hydrogen) atoms. The van der Waals surface area contributed by atoms with Crippen LogP contribution in [-0.2, 0) is 6.54 Å². The fraction of sp³-hybridized carbons (Fsp3) is 0.700. The lowest BCUT2D eigenvalue weighted by Gasteiger charge is -2.05. The molecule has 1 aliphatic heterocycles. The Morgan fingerprint density at radius 2 is 2.57 bits per heavy atom. The van der Waals surface area contributed by atoms with Crippen LogP contribution >= 0.6 is 0 Å². The Bertz CT molecular complexity index is 297. The van der Waals surface area contributed by atoms with Crippen molar-refractivity contribution in [3.05, 3.63) is 17.8 Å². The van der Waals surface area contributed by atoms with Gasteiger partial charge in [-0.15, -0.1) is 0 Å². The third-order valence-corrected chi connectivity index (χ3v) is 2.67. The van der Waals surface area contributed by atoms with E-state index < -0.39 is 0 Å². The van der Waals surface area contributed by atoms with Crippen LogP contribution in [0, 0.1) is 0 Å². The molecule has 1 fully saturated rings. The topological polar surface area (TPSA) is 41.3 Å². The van der Waals surface area contributed by atoms with E-state index in [0.717, 1.165) is 37.6 Å². The normalized spacial score (nSPS) is 23.1. The highest BCUT2D eigenvalue weighted by atomic mass is 16.3. The summed E-state index contributed by atoms with van der Waals surface area (Å²) in [6.07, 6.45) is 2.92. The molecule has 1 unspecified atom stereocenters. The van der Waals surface area contributed by atoms with E-state index in [1.807, 2.05) is 7.05 Å². The van der Waals surface area contributed by atoms with Crippen molar-refractivity contribution in [2.75, 3.05) is 27.2 Å². The summed E-state index contributed by atoms with van der Waals surface area (Å²) in [5.41, 5.74) is 0.997. The van der Waals surface area contributed by atoms with Crippen LogP contribution < -0.4 is 5.32 Å². The van der Waals surface area contributed by atoms with Crippen molar-refractivity contribution in [1.29, 1.82) is 0 Å². The van der Waals surface area contributed by atoms with Crippen LogP contribution in [0.5, 0.6) is 0 Å². The Hall–Kier alpha value is -0.870. The summed E-state index contributed by atoms with van der Waals surface area (Å²) < 4.78 is 5.47. The maximum atomic E-state index is 5.47. The van der Waals surface area contributed by atoms with E-state index >= 15 is 0 Å². The van der Waals surface area contributed by atoms with Gasteiger partial charge in [-0.25, -0.2) is 4.98 Å². The van der Waals surface area contributed by atoms with Gasteiger partial charge < -0.3 is 14.6 Å². The van der Waals surface area contributed by atoms with Crippen molar-refractivity contribution in [3.8, 4) is 0 Å². The minimum Gasteiger partial charge on any atom is -0.448 e. The molecule has 78 valence electrons. The molecule has 1 atom stereocenters. The molecular formula is C10H17N3O. The fourth-order valence-corrected chi connectivity index (χ4v) is 1.91. The Kier molecular flexibility index (Phi) is 2.84. The molecule has 2 rings (SSSR count). The number of rotatable bonds is 3. The maximum Gasteiger partial charge on any atom is 0.198 e. The summed E-state index contributed by atoms with van der Waals surface area (Å²) >= 11 is 0. The monoisotopic (exact) mass is 195 g/mol. The molecular weight excluding hydrogens is 178 g/mol. The zero-order valence-electron chi connectivity index (χ0n) is 8.79. The number of hydrogen-bond donors (Lipinski definition) is 1. The summed E-state index contributed by atoms with van der Waals surface area (Å²) in [6.45, 7) is 3.00. The van der Waals surface area contributed by atoms with Gasteiger partial charge >= 0.3 is 0 Å². The van der Waals surface area contributed by atoms with Crippen LogP contribution in [0.2, 0.25) is 0 Å². The molecule has 0 spiro atoms. The van der Waals surface area contributed by atoms with Gasteiger partial charge in [-0.1, -0.05) is 0 Å². The number of hydrogen-bond acceptors (Lipinski definition) is 4. The molecule has 4 heteroatoms. The van der Waals surface area contributed by atoms with E-state index in [1.54, 1.807) is 6.26 Å². The maximum absolute atomic E-state index is 5.47. The summed E-state index contributed by atoms with van der Waals surface area (Å²) in [6, 6.07) is 0. The molecule has 0 aromatic carbocycles. The van der Waals surface area contributed by atoms with Crippen LogP contribution in [0.25, 0.3) is 0 Å². The van der Waals surface area contributed by atoms with Crippen LogP contribution in [0.4, 0.5) is 0 Å². The Balaban J connectivity index is 2.02. The highest BCUT2D eigenvalue weighted by molar-refractivity contribution is 5.03. The first-order valence-corrected chi connectivity index (χ1v) is 5.07. The van der Waals surface area contributed by atoms with Gasteiger partial charge in [0.1, 0.15) is 6.26 Å². The standard InChI is InChI=1S/C10H17N3O/c1-11-5-9-7-14-10(12-9)8-3-4-13(2)6-8/h7-8,11H,3-6H2,1-2H3. The summed E-state index contributed by atoms with van der Waals surface area (Å²) in [4.78, 5) is 6.77. The molecule has 4 nitrogen and oxygen atoms in total. The van der Waals surface area contributed by atoms with E-state index in [-0.39, 0.29) is 0 Å². The van der Waals surface area contributed by atoms with Crippen LogP contribution in [0.3, 0.4) is 0 Å². The van der Waals surface area contributed by atoms with Crippen molar-refractivity contribution >= 4 is 0 Å². The molecule has 1 saturated heterocycles. The van der Waals surface area contributed by atoms with Gasteiger partial charge in [-0.05, 0) is 27.1 Å². The third kappa shape index (κ3) is 1.96. The third-order valence-electron chi connectivity index (χ3n) is 2.67. The molecule has 1 aliphatic rings. The second-order valence-corrected chi connectivity index (χ2v) is 3.96. The predicted molar refractivity (Wildman–Crippen MR) is 54.1 cm³/mol. The molecule has 0 aliphatic carbocycles. The van der Waals surface area contributed by atoms with Crippen molar-refractivity contribution in [3.63, 3.8) is 0 Å². The summed E-state index contributed by atoms with van der Waals surface area (Å²) in [5.74, 6) is 1.39. The van der Waals surface area contributed by atoms with Crippen molar-refractivity contribution in [1.82, 2.24) is 15.2 Å². The largest absolute Gasteiger partial charge is 0.448 e. The smallest absolute Gasteiger partial charge is 0.198 e. The molecule has 0 saturated carbocycles. The van der Waals surface area contributed by atoms with Crippen LogP contribution in [-0.4, -0.2) is 37.1 Å². The van der Waals surface area contributed by atoms with Gasteiger partial charge in [0.25, 0.3) is 0 Å². The predicted octanol–water partition coefficient (Wildman–Crippen LogP) is 0.813. The lowest BCUT2D eigenvalue weighted by atomic mass is 10.1. The fourth-order valence-electron chi connectivity index (χ4n) is 1.91. The minimum atomic E-state index is 0.491. The van der Waals surface area contributed by atoms with E-state index in [4.69, 9.17) is 4.42 Å². The second-order valence-electron chi connectivity index (χ2n) is 3.96. The quantitative estimate of drug-likeness (QED) is 0.775. The number of likely N-dealkylation sites (tertiary alicyclic amines) is 1. The molecule has 0 amide bonds. The van der Waals surface area contributed by atoms with Gasteiger partial charge in [0.05, 0.1) is 5.69 Å². The molecule has 0 bridgehead atoms. The molecule has 1 aromatic rings. The number of likely N-dealkylation sites (N-methyl/N-ethyl adjacent to an activating group) is 1. The Labute approximate surface area is 84.3 Å². The first-order chi connectivity index (χ1) is 6.79. The van der Waals surface area contributed by atoms with Crippen molar-refractivity contribution < 1.29 is 4.42 Å². The molecule has 2 heterocycles. The number of aromatic nitrogens is 1. The highest BCUT2D eigenvalue weighted by Gasteiger charge is 2.24. The van der Waals surface area contributed by atoms with E-state index in [2.05, 4.69) is 22.2 Å². The van der Waals surface area contributed by atoms with Gasteiger partial charge in [0, 0.05) is 19.0 Å². The minimum absolute atomic E-state index is 0.491. The zero-order chi connectivity index (χ0) is 9.97. The summed E-state index contributed by atoms with van der Waals surface area (Å²) in [7, 11) is 4.05. The molecule has 1 aromatic heterocycles. The lowest BCUT2D eigenvalue weighted by Crippen LogP contribution is -2.13. The van der Waals surface area contributed by atoms with Crippen molar-refractivity contribution in [2.45, 2.75) is 18.9 Å². The first kappa shape index (κ1) is 9.68. The Morgan fingerprint density at radius 3 is 3.21 bits per heavy atom. The van der Waals surface area contributed by atoms with Crippen LogP contribution in [0.1, 0.15) is 23.9 Å². The van der Waals surface area contributed by atoms with Crippen LogP contribution in [0.15, 0.2) is 10.7 Å². The highest BCUT2D eigenvalue weighted by Crippen LogP contribution is 2.25. The van der Waals surface area contributed by atoms with Gasteiger partial charge in [-0.2, -0.15) is 0 Å². The Morgan fingerprint density at radius 1 is 1.71 bits per heavy atom. The van der Waals surface area contributed by atoms with Gasteiger partial charge in [0.2, 0.25) is 0 Å². The molecule has 1 N–H and O–H groups in total. The van der Waals surface area contributed by atoms with Crippen molar-refractivity contribution in [2.24, 2.45) is 0 Å². The second kappa shape index (κ2) is 4.11. The van der Waals surface area contributed by atoms with Gasteiger partial charge in [0.15, 0.2) is 5.89 Å². The SMILES string of the molecule is CNCc1coc(C2CCN(C)C2)n1. The van der Waals surface area contributed by atoms with Gasteiger partial charge in [-0.3, -0.25) is 0 Å². The lowest BCUT2D eigenvalue weighted by molar-refractivity contribution is 0.392. The first-order valence-electron chi connectivity index (χ1n) is 5.07.